The zero-order valence-corrected chi connectivity index (χ0v) is 81.4. The maximum Gasteiger partial charge on any atom is 0.251 e. The highest BCUT2D eigenvalue weighted by atomic mass is 16.5. The van der Waals surface area contributed by atoms with Crippen molar-refractivity contribution in [2.75, 3.05) is 65.8 Å². The Morgan fingerprint density at radius 1 is 0.238 bits per heavy atom. The topological polar surface area (TPSA) is 120 Å². The molecule has 0 aromatic heterocycles. The van der Waals surface area contributed by atoms with Crippen LogP contribution in [0.2, 0.25) is 0 Å². The summed E-state index contributed by atoms with van der Waals surface area (Å²) in [6, 6.07) is 26.8. The summed E-state index contributed by atoms with van der Waals surface area (Å²) < 4.78 is 40.4. The summed E-state index contributed by atoms with van der Waals surface area (Å²) in [6.45, 7) is 22.9. The maximum absolute atomic E-state index is 14.6. The summed E-state index contributed by atoms with van der Waals surface area (Å²) in [7, 11) is 0. The number of benzene rings is 7. The second-order valence-corrected chi connectivity index (χ2v) is 38.3. The number of hydrogen-bond acceptors (Lipinski definition) is 10. The van der Waals surface area contributed by atoms with E-state index in [4.69, 9.17) is 28.4 Å². The van der Waals surface area contributed by atoms with E-state index >= 15 is 0 Å². The van der Waals surface area contributed by atoms with Crippen molar-refractivity contribution in [1.82, 2.24) is 20.4 Å². The smallest absolute Gasteiger partial charge is 0.251 e. The van der Waals surface area contributed by atoms with Crippen molar-refractivity contribution < 1.29 is 38.0 Å². The van der Waals surface area contributed by atoms with Crippen molar-refractivity contribution in [1.29, 1.82) is 0 Å². The molecule has 2 heterocycles. The first kappa shape index (κ1) is 103. The van der Waals surface area contributed by atoms with Gasteiger partial charge in [0.1, 0.15) is 0 Å². The fourth-order valence-electron chi connectivity index (χ4n) is 19.7. The fraction of sp³-hybridized carbons (Fsp3) is 0.702. The van der Waals surface area contributed by atoms with Gasteiger partial charge in [0, 0.05) is 63.5 Å². The predicted molar refractivity (Wildman–Crippen MR) is 537 cm³/mol. The fourth-order valence-corrected chi connectivity index (χ4v) is 19.7. The summed E-state index contributed by atoms with van der Waals surface area (Å²) in [5.74, 6) is 3.59. The van der Waals surface area contributed by atoms with E-state index in [1.165, 1.54) is 374 Å². The number of ether oxygens (including phenoxy) is 6. The molecule has 0 spiro atoms. The highest BCUT2D eigenvalue weighted by Gasteiger charge is 2.28. The van der Waals surface area contributed by atoms with Crippen LogP contribution in [-0.4, -0.2) is 87.4 Å². The van der Waals surface area contributed by atoms with Gasteiger partial charge in [0.2, 0.25) is 11.5 Å². The number of fused-ring (bicyclic) bond motifs is 2. The molecule has 0 saturated carbocycles. The normalized spacial score (nSPS) is 12.9. The Balaban J connectivity index is 0.837. The van der Waals surface area contributed by atoms with Gasteiger partial charge < -0.3 is 39.1 Å². The van der Waals surface area contributed by atoms with Crippen LogP contribution >= 0.6 is 0 Å². The third-order valence-corrected chi connectivity index (χ3v) is 27.3. The van der Waals surface area contributed by atoms with Crippen LogP contribution in [0.5, 0.6) is 34.5 Å². The number of amides is 2. The summed E-state index contributed by atoms with van der Waals surface area (Å²) in [4.78, 5) is 34.3. The first-order valence-electron chi connectivity index (χ1n) is 53.6. The van der Waals surface area contributed by atoms with Crippen molar-refractivity contribution in [2.45, 2.75) is 453 Å². The number of hydrogen-bond donors (Lipinski definition) is 2. The van der Waals surface area contributed by atoms with E-state index in [1.807, 2.05) is 24.3 Å². The minimum absolute atomic E-state index is 0.114. The van der Waals surface area contributed by atoms with Crippen LogP contribution in [0.1, 0.15) is 470 Å². The molecule has 2 N–H and O–H groups in total. The summed E-state index contributed by atoms with van der Waals surface area (Å²) in [5.41, 5.74) is 6.46. The molecule has 0 bridgehead atoms. The molecule has 7 aromatic carbocycles. The molecule has 9 rings (SSSR count). The first-order chi connectivity index (χ1) is 62.3. The quantitative estimate of drug-likeness (QED) is 0.0217. The van der Waals surface area contributed by atoms with Gasteiger partial charge in [0.25, 0.3) is 11.8 Å². The number of carbonyl (C=O) groups is 2. The molecule has 0 aliphatic carbocycles. The molecule has 0 saturated heterocycles. The summed E-state index contributed by atoms with van der Waals surface area (Å²) >= 11 is 0. The van der Waals surface area contributed by atoms with E-state index in [0.29, 0.717) is 111 Å². The Morgan fingerprint density at radius 2 is 0.421 bits per heavy atom. The van der Waals surface area contributed by atoms with Crippen molar-refractivity contribution >= 4 is 54.9 Å². The zero-order chi connectivity index (χ0) is 88.3. The standard InChI is InChI=1S/C114H180N4O8/c1-7-13-19-25-31-37-43-49-55-61-79-121-103-85-97(86-104(122-80-62-56-50-44-38-32-26-20-14-8-2)111(103)125-83-65-59-53-47-41-35-29-23-17-11-5)113(119)115-75-77-117-89-93-67-71-99-101-73-69-95-91-118(92-96-70-74-102(110(101)108(95)96)100-72-68-94(90-117)107(93)109(99)100)78-76-116-114(120)98-87-105(123-81-63-57-51-45-39-33-27-21-15-9-3)112(126-84-66-60-54-48-42-36-30-24-18-12-6)106(88-98)124-82-64-58-52-46-40-34-28-22-16-10-4/h67-74,85-88H,7-66,75-84,89-92H2,1-6H3,(H,115,119)(H,116,120). The number of carbonyl (C=O) groups excluding carboxylic acids is 2. The second kappa shape index (κ2) is 64.3. The largest absolute Gasteiger partial charge is 0.490 e. The van der Waals surface area contributed by atoms with Gasteiger partial charge in [-0.15, -0.1) is 0 Å². The third-order valence-electron chi connectivity index (χ3n) is 27.3. The SMILES string of the molecule is CCCCCCCCCCCCOc1cc(C(=O)NCCN2Cc3ccc4c5ccc6c7c(ccc(c8ccc(c3c48)C2)c75)CN(CCNC(=O)c2cc(OCCCCCCCCCCCC)c(OCCCCCCCCCCCC)c(OCCCCCCCCCCCC)c2)C6)cc(OCCCCCCCCCCCC)c1OCCCCCCCCCCCC. The van der Waals surface area contributed by atoms with E-state index in [2.05, 4.69) is 111 Å². The number of nitrogens with one attached hydrogen (secondary N) is 2. The van der Waals surface area contributed by atoms with Crippen molar-refractivity contribution in [3.8, 4) is 34.5 Å². The lowest BCUT2D eigenvalue weighted by Crippen LogP contribution is -2.36. The monoisotopic (exact) mass is 1730 g/mol. The molecule has 2 amide bonds. The molecule has 12 nitrogen and oxygen atoms in total. The van der Waals surface area contributed by atoms with Crippen molar-refractivity contribution in [3.05, 3.63) is 106 Å². The minimum Gasteiger partial charge on any atom is -0.490 e. The maximum atomic E-state index is 14.6. The molecular weight excluding hydrogens is 1550 g/mol. The van der Waals surface area contributed by atoms with Gasteiger partial charge in [-0.2, -0.15) is 0 Å². The van der Waals surface area contributed by atoms with E-state index < -0.39 is 0 Å². The van der Waals surface area contributed by atoms with Crippen molar-refractivity contribution in [3.63, 3.8) is 0 Å². The molecule has 0 atom stereocenters. The van der Waals surface area contributed by atoms with Gasteiger partial charge in [-0.1, -0.05) is 437 Å². The van der Waals surface area contributed by atoms with Crippen LogP contribution in [0, 0.1) is 0 Å². The van der Waals surface area contributed by atoms with Crippen LogP contribution in [0.25, 0.3) is 43.1 Å². The van der Waals surface area contributed by atoms with Crippen LogP contribution < -0.4 is 39.1 Å². The van der Waals surface area contributed by atoms with Gasteiger partial charge in [0.15, 0.2) is 23.0 Å². The van der Waals surface area contributed by atoms with Gasteiger partial charge in [0.05, 0.1) is 39.6 Å². The van der Waals surface area contributed by atoms with Gasteiger partial charge in [-0.3, -0.25) is 19.4 Å². The van der Waals surface area contributed by atoms with Crippen LogP contribution in [0.15, 0.2) is 72.8 Å². The van der Waals surface area contributed by atoms with Crippen LogP contribution in [0.4, 0.5) is 0 Å². The molecule has 2 aliphatic rings. The lowest BCUT2D eigenvalue weighted by molar-refractivity contribution is 0.0937. The van der Waals surface area contributed by atoms with Crippen LogP contribution in [0.3, 0.4) is 0 Å². The summed E-state index contributed by atoms with van der Waals surface area (Å²) in [5, 5.41) is 17.5. The minimum atomic E-state index is -0.114. The average Bonchev–Trinajstić information content (AvgIpc) is 0.699. The number of rotatable bonds is 80. The third kappa shape index (κ3) is 37.0. The number of unbranched alkanes of at least 4 members (excludes halogenated alkanes) is 54. The molecule has 0 fully saturated rings. The first-order valence-corrected chi connectivity index (χ1v) is 53.6. The lowest BCUT2D eigenvalue weighted by Gasteiger charge is -2.32. The van der Waals surface area contributed by atoms with Gasteiger partial charge in [-0.05, 0) is 128 Å². The number of nitrogens with zero attached hydrogens (tertiary/aromatic N) is 2. The van der Waals surface area contributed by atoms with E-state index in [1.54, 1.807) is 0 Å². The summed E-state index contributed by atoms with van der Waals surface area (Å²) in [6.07, 6.45) is 75.7. The zero-order valence-electron chi connectivity index (χ0n) is 81.4. The second-order valence-electron chi connectivity index (χ2n) is 38.3. The Morgan fingerprint density at radius 3 is 0.619 bits per heavy atom. The van der Waals surface area contributed by atoms with Gasteiger partial charge >= 0.3 is 0 Å². The molecular formula is C114H180N4O8. The highest BCUT2D eigenvalue weighted by molar-refractivity contribution is 6.34. The molecule has 0 radical (unpaired) electrons. The molecule has 126 heavy (non-hydrogen) atoms. The van der Waals surface area contributed by atoms with Crippen molar-refractivity contribution in [2.24, 2.45) is 0 Å². The molecule has 704 valence electrons. The van der Waals surface area contributed by atoms with E-state index in [9.17, 15) is 9.59 Å². The lowest BCUT2D eigenvalue weighted by atomic mass is 9.83. The molecule has 12 heteroatoms. The Bertz CT molecular complexity index is 3600. The average molecular weight is 1730 g/mol. The van der Waals surface area contributed by atoms with Gasteiger partial charge in [-0.25, -0.2) is 0 Å². The van der Waals surface area contributed by atoms with E-state index in [-0.39, 0.29) is 11.8 Å². The molecule has 0 unspecified atom stereocenters. The van der Waals surface area contributed by atoms with E-state index in [0.717, 1.165) is 103 Å². The molecule has 2 aliphatic heterocycles. The Kier molecular flexibility index (Phi) is 52.7. The Labute approximate surface area is 768 Å². The van der Waals surface area contributed by atoms with Crippen LogP contribution in [-0.2, 0) is 26.2 Å². The molecule has 7 aromatic rings. The predicted octanol–water partition coefficient (Wildman–Crippen LogP) is 33.0. The highest BCUT2D eigenvalue weighted by Crippen LogP contribution is 2.48. The Hall–Kier alpha value is -6.50.